The third kappa shape index (κ3) is 5.98. The zero-order valence-electron chi connectivity index (χ0n) is 16.0. The van der Waals surface area contributed by atoms with Gasteiger partial charge < -0.3 is 19.7 Å². The number of nitrogens with zero attached hydrogens (tertiary/aromatic N) is 1. The summed E-state index contributed by atoms with van der Waals surface area (Å²) in [5, 5.41) is 2.35. The summed E-state index contributed by atoms with van der Waals surface area (Å²) in [6.07, 6.45) is -1.35. The van der Waals surface area contributed by atoms with Crippen LogP contribution in [-0.2, 0) is 19.1 Å². The van der Waals surface area contributed by atoms with Crippen molar-refractivity contribution in [3.05, 3.63) is 35.4 Å². The van der Waals surface area contributed by atoms with Crippen LogP contribution in [0.1, 0.15) is 37.6 Å². The van der Waals surface area contributed by atoms with E-state index in [-0.39, 0.29) is 36.6 Å². The van der Waals surface area contributed by atoms with Crippen molar-refractivity contribution in [2.24, 2.45) is 0 Å². The number of carbonyl (C=O) groups is 3. The van der Waals surface area contributed by atoms with Crippen molar-refractivity contribution in [2.75, 3.05) is 19.6 Å². The minimum absolute atomic E-state index is 0.0994. The van der Waals surface area contributed by atoms with Crippen molar-refractivity contribution in [2.45, 2.75) is 45.5 Å². The number of nitrogens with one attached hydrogen (secondary N) is 1. The molecule has 7 nitrogen and oxygen atoms in total. The van der Waals surface area contributed by atoms with E-state index in [0.29, 0.717) is 19.2 Å². The first kappa shape index (κ1) is 21.7. The zero-order valence-corrected chi connectivity index (χ0v) is 16.0. The maximum Gasteiger partial charge on any atom is 0.308 e. The molecule has 1 heterocycles. The van der Waals surface area contributed by atoms with Gasteiger partial charge in [0.2, 0.25) is 0 Å². The molecule has 9 heteroatoms. The Morgan fingerprint density at radius 2 is 1.89 bits per heavy atom. The summed E-state index contributed by atoms with van der Waals surface area (Å²) in [6, 6.07) is 2.58. The van der Waals surface area contributed by atoms with Crippen molar-refractivity contribution in [1.82, 2.24) is 10.2 Å². The highest BCUT2D eigenvalue weighted by Gasteiger charge is 2.30. The quantitative estimate of drug-likeness (QED) is 0.737. The number of amides is 2. The number of benzene rings is 1. The molecule has 28 heavy (non-hydrogen) atoms. The molecule has 1 aliphatic rings. The number of halogens is 2. The monoisotopic (exact) mass is 398 g/mol. The number of morpholine rings is 1. The number of carbonyl (C=O) groups excluding carboxylic acids is 3. The van der Waals surface area contributed by atoms with Crippen LogP contribution >= 0.6 is 0 Å². The second-order valence-corrected chi connectivity index (χ2v) is 6.76. The molecule has 154 valence electrons. The lowest BCUT2D eigenvalue weighted by atomic mass is 10.2. The summed E-state index contributed by atoms with van der Waals surface area (Å²) < 4.78 is 37.1. The predicted molar refractivity (Wildman–Crippen MR) is 95.5 cm³/mol. The highest BCUT2D eigenvalue weighted by atomic mass is 19.1. The molecule has 0 aliphatic carbocycles. The topological polar surface area (TPSA) is 84.9 Å². The lowest BCUT2D eigenvalue weighted by molar-refractivity contribution is -0.164. The summed E-state index contributed by atoms with van der Waals surface area (Å²) in [7, 11) is 0. The molecule has 1 aromatic rings. The highest BCUT2D eigenvalue weighted by Crippen LogP contribution is 2.13. The van der Waals surface area contributed by atoms with E-state index in [0.717, 1.165) is 12.1 Å². The Bertz CT molecular complexity index is 733. The molecule has 0 bridgehead atoms. The van der Waals surface area contributed by atoms with E-state index < -0.39 is 29.6 Å². The Kier molecular flexibility index (Phi) is 7.45. The summed E-state index contributed by atoms with van der Waals surface area (Å²) in [5.74, 6) is -3.54. The minimum atomic E-state index is -0.992. The first-order chi connectivity index (χ1) is 13.2. The summed E-state index contributed by atoms with van der Waals surface area (Å²) in [5.41, 5.74) is -0.325. The Morgan fingerprint density at radius 1 is 1.25 bits per heavy atom. The molecule has 3 atom stereocenters. The van der Waals surface area contributed by atoms with E-state index in [1.807, 2.05) is 13.8 Å². The Morgan fingerprint density at radius 3 is 2.50 bits per heavy atom. The van der Waals surface area contributed by atoms with Crippen LogP contribution in [0.5, 0.6) is 0 Å². The van der Waals surface area contributed by atoms with E-state index in [1.165, 1.54) is 6.92 Å². The molecule has 0 spiro atoms. The van der Waals surface area contributed by atoms with Crippen molar-refractivity contribution >= 4 is 17.8 Å². The third-order valence-electron chi connectivity index (χ3n) is 4.18. The number of ether oxygens (including phenoxy) is 2. The molecule has 2 amide bonds. The van der Waals surface area contributed by atoms with Crippen molar-refractivity contribution in [3.63, 3.8) is 0 Å². The van der Waals surface area contributed by atoms with Gasteiger partial charge in [-0.05, 0) is 32.9 Å². The predicted octanol–water partition coefficient (Wildman–Crippen LogP) is 1.65. The Labute approximate surface area is 162 Å². The van der Waals surface area contributed by atoms with Gasteiger partial charge in [0.1, 0.15) is 11.6 Å². The van der Waals surface area contributed by atoms with E-state index in [2.05, 4.69) is 5.32 Å². The molecule has 1 aromatic carbocycles. The van der Waals surface area contributed by atoms with Gasteiger partial charge in [0.05, 0.1) is 24.2 Å². The molecule has 1 N–H and O–H groups in total. The van der Waals surface area contributed by atoms with E-state index in [4.69, 9.17) is 9.47 Å². The molecular formula is C19H24F2N2O5. The van der Waals surface area contributed by atoms with Crippen LogP contribution < -0.4 is 5.32 Å². The third-order valence-corrected chi connectivity index (χ3v) is 4.18. The van der Waals surface area contributed by atoms with Crippen molar-refractivity contribution < 1.29 is 32.6 Å². The SMILES string of the molecule is CC1CN(C(=O)C(C)OC(=O)CCNC(=O)c2ccc(F)cc2F)CC(C)O1. The molecule has 1 aliphatic heterocycles. The Balaban J connectivity index is 1.77. The standard InChI is InChI=1S/C19H24F2N2O5/c1-11-9-23(10-12(2)27-11)19(26)13(3)28-17(24)6-7-22-18(25)15-5-4-14(20)8-16(15)21/h4-5,8,11-13H,6-7,9-10H2,1-3H3,(H,22,25). The smallest absolute Gasteiger partial charge is 0.308 e. The number of hydrogen-bond donors (Lipinski definition) is 1. The van der Waals surface area contributed by atoms with Crippen LogP contribution in [0.2, 0.25) is 0 Å². The van der Waals surface area contributed by atoms with Crippen LogP contribution in [-0.4, -0.2) is 60.6 Å². The highest BCUT2D eigenvalue weighted by molar-refractivity contribution is 5.94. The summed E-state index contributed by atoms with van der Waals surface area (Å²) in [4.78, 5) is 37.8. The second kappa shape index (κ2) is 9.59. The van der Waals surface area contributed by atoms with Gasteiger partial charge in [-0.2, -0.15) is 0 Å². The van der Waals surface area contributed by atoms with E-state index in [9.17, 15) is 23.2 Å². The van der Waals surface area contributed by atoms with Gasteiger partial charge in [-0.1, -0.05) is 0 Å². The van der Waals surface area contributed by atoms with E-state index in [1.54, 1.807) is 4.90 Å². The normalized spacial score (nSPS) is 20.4. The maximum atomic E-state index is 13.5. The van der Waals surface area contributed by atoms with Crippen LogP contribution in [0.4, 0.5) is 8.78 Å². The molecular weight excluding hydrogens is 374 g/mol. The van der Waals surface area contributed by atoms with Crippen molar-refractivity contribution in [3.8, 4) is 0 Å². The number of rotatable bonds is 6. The van der Waals surface area contributed by atoms with Gasteiger partial charge in [-0.3, -0.25) is 14.4 Å². The molecule has 1 saturated heterocycles. The van der Waals surface area contributed by atoms with Crippen LogP contribution in [0, 0.1) is 11.6 Å². The maximum absolute atomic E-state index is 13.5. The minimum Gasteiger partial charge on any atom is -0.452 e. The van der Waals surface area contributed by atoms with Gasteiger partial charge in [0.25, 0.3) is 11.8 Å². The average Bonchev–Trinajstić information content (AvgIpc) is 2.59. The lowest BCUT2D eigenvalue weighted by Crippen LogP contribution is -2.51. The average molecular weight is 398 g/mol. The van der Waals surface area contributed by atoms with Crippen LogP contribution in [0.3, 0.4) is 0 Å². The first-order valence-corrected chi connectivity index (χ1v) is 9.04. The summed E-state index contributed by atoms with van der Waals surface area (Å²) >= 11 is 0. The van der Waals surface area contributed by atoms with Gasteiger partial charge in [0.15, 0.2) is 6.10 Å². The molecule has 1 fully saturated rings. The number of hydrogen-bond acceptors (Lipinski definition) is 5. The van der Waals surface area contributed by atoms with Gasteiger partial charge >= 0.3 is 5.97 Å². The van der Waals surface area contributed by atoms with Gasteiger partial charge in [-0.25, -0.2) is 8.78 Å². The fourth-order valence-electron chi connectivity index (χ4n) is 2.97. The van der Waals surface area contributed by atoms with Crippen LogP contribution in [0.25, 0.3) is 0 Å². The van der Waals surface area contributed by atoms with Crippen LogP contribution in [0.15, 0.2) is 18.2 Å². The zero-order chi connectivity index (χ0) is 20.8. The van der Waals surface area contributed by atoms with E-state index >= 15 is 0 Å². The summed E-state index contributed by atoms with van der Waals surface area (Å²) in [6.45, 7) is 5.94. The molecule has 0 radical (unpaired) electrons. The second-order valence-electron chi connectivity index (χ2n) is 6.76. The fourth-order valence-corrected chi connectivity index (χ4v) is 2.97. The molecule has 3 unspecified atom stereocenters. The largest absolute Gasteiger partial charge is 0.452 e. The van der Waals surface area contributed by atoms with Gasteiger partial charge in [0, 0.05) is 25.7 Å². The molecule has 0 aromatic heterocycles. The fraction of sp³-hybridized carbons (Fsp3) is 0.526. The molecule has 2 rings (SSSR count). The molecule has 0 saturated carbocycles. The lowest BCUT2D eigenvalue weighted by Gasteiger charge is -2.36. The number of esters is 1. The van der Waals surface area contributed by atoms with Crippen molar-refractivity contribution in [1.29, 1.82) is 0 Å². The Hall–Kier alpha value is -2.55. The van der Waals surface area contributed by atoms with Gasteiger partial charge in [-0.15, -0.1) is 0 Å². The first-order valence-electron chi connectivity index (χ1n) is 9.04.